The number of likely N-dealkylation sites (tertiary alicyclic amines) is 1. The summed E-state index contributed by atoms with van der Waals surface area (Å²) in [6, 6.07) is 0. The van der Waals surface area contributed by atoms with Gasteiger partial charge in [0.15, 0.2) is 23.9 Å². The van der Waals surface area contributed by atoms with Crippen LogP contribution in [0.3, 0.4) is 0 Å². The number of primary amides is 1. The van der Waals surface area contributed by atoms with E-state index in [9.17, 15) is 48.9 Å². The van der Waals surface area contributed by atoms with Crippen LogP contribution in [-0.2, 0) is 41.6 Å². The van der Waals surface area contributed by atoms with Crippen molar-refractivity contribution < 1.29 is 71.8 Å². The number of imidazole rings is 1. The van der Waals surface area contributed by atoms with Gasteiger partial charge in [0, 0.05) is 13.0 Å². The van der Waals surface area contributed by atoms with Gasteiger partial charge in [-0.3, -0.25) is 23.2 Å². The molecule has 0 aliphatic carbocycles. The first kappa shape index (κ1) is 33.7. The Morgan fingerprint density at radius 3 is 2.13 bits per heavy atom. The van der Waals surface area contributed by atoms with Crippen LogP contribution < -0.4 is 11.5 Å². The molecule has 22 nitrogen and oxygen atoms in total. The number of aliphatic hydroxyl groups excluding tert-OH is 4. The van der Waals surface area contributed by atoms with Gasteiger partial charge in [0.2, 0.25) is 11.8 Å². The molecular weight excluding hydrogens is 652 g/mol. The van der Waals surface area contributed by atoms with E-state index >= 15 is 0 Å². The largest absolute Gasteiger partial charge is 0.481 e. The number of carbonyl (C=O) groups excluding carboxylic acids is 2. The zero-order valence-electron chi connectivity index (χ0n) is 23.0. The van der Waals surface area contributed by atoms with Crippen molar-refractivity contribution in [3.8, 4) is 0 Å². The van der Waals surface area contributed by atoms with Crippen LogP contribution >= 0.6 is 15.6 Å². The molecule has 2 amide bonds. The fourth-order valence-corrected chi connectivity index (χ4v) is 7.23. The number of phosphoric ester groups is 2. The lowest BCUT2D eigenvalue weighted by atomic mass is 9.96. The second kappa shape index (κ2) is 12.8. The summed E-state index contributed by atoms with van der Waals surface area (Å²) in [4.78, 5) is 56.8. The summed E-state index contributed by atoms with van der Waals surface area (Å²) in [6.07, 6.45) is -9.96. The molecule has 250 valence electrons. The number of hydrogen-bond acceptors (Lipinski definition) is 17. The molecule has 2 aromatic heterocycles. The molecule has 11 atom stereocenters. The van der Waals surface area contributed by atoms with Gasteiger partial charge in [-0.2, -0.15) is 4.31 Å². The minimum atomic E-state index is -5.42. The van der Waals surface area contributed by atoms with Crippen LogP contribution in [0.5, 0.6) is 0 Å². The molecule has 0 radical (unpaired) electrons. The maximum absolute atomic E-state index is 12.4. The Morgan fingerprint density at radius 2 is 1.53 bits per heavy atom. The number of nitrogen functional groups attached to an aromatic ring is 1. The van der Waals surface area contributed by atoms with Gasteiger partial charge in [-0.05, 0) is 6.42 Å². The van der Waals surface area contributed by atoms with E-state index in [0.29, 0.717) is 0 Å². The van der Waals surface area contributed by atoms with Gasteiger partial charge in [0.05, 0.1) is 25.5 Å². The molecule has 3 saturated heterocycles. The summed E-state index contributed by atoms with van der Waals surface area (Å²) in [6.45, 7) is -2.07. The first-order valence-electron chi connectivity index (χ1n) is 13.3. The lowest BCUT2D eigenvalue weighted by molar-refractivity contribution is -0.160. The number of amides is 2. The van der Waals surface area contributed by atoms with Crippen molar-refractivity contribution in [2.75, 3.05) is 25.5 Å². The number of fused-ring (bicyclic) bond motifs is 1. The van der Waals surface area contributed by atoms with Crippen molar-refractivity contribution in [3.63, 3.8) is 0 Å². The fraction of sp³-hybridized carbons (Fsp3) is 0.667. The van der Waals surface area contributed by atoms with E-state index in [0.717, 1.165) is 11.2 Å². The number of aromatic nitrogens is 4. The maximum Gasteiger partial charge on any atom is 0.481 e. The molecule has 3 aliphatic rings. The lowest BCUT2D eigenvalue weighted by Crippen LogP contribution is -2.53. The number of ether oxygens (including phenoxy) is 2. The second-order valence-electron chi connectivity index (χ2n) is 10.5. The molecule has 0 saturated carbocycles. The quantitative estimate of drug-likeness (QED) is 0.106. The summed E-state index contributed by atoms with van der Waals surface area (Å²) in [5.41, 5.74) is 11.4. The number of nitrogens with two attached hydrogens (primary N) is 2. The van der Waals surface area contributed by atoms with Gasteiger partial charge in [-0.1, -0.05) is 0 Å². The van der Waals surface area contributed by atoms with Crippen molar-refractivity contribution in [2.24, 2.45) is 11.7 Å². The molecule has 0 spiro atoms. The van der Waals surface area contributed by atoms with E-state index in [4.69, 9.17) is 25.5 Å². The van der Waals surface area contributed by atoms with Crippen molar-refractivity contribution >= 4 is 44.4 Å². The average Bonchev–Trinajstić information content (AvgIpc) is 3.61. The number of carbonyl (C=O) groups is 2. The van der Waals surface area contributed by atoms with Gasteiger partial charge in [-0.15, -0.1) is 0 Å². The summed E-state index contributed by atoms with van der Waals surface area (Å²) in [5, 5.41) is 41.7. The van der Waals surface area contributed by atoms with E-state index in [1.165, 1.54) is 10.9 Å². The highest BCUT2D eigenvalue weighted by atomic mass is 31.3. The zero-order chi connectivity index (χ0) is 32.8. The molecule has 0 bridgehead atoms. The molecule has 0 aromatic carbocycles. The van der Waals surface area contributed by atoms with E-state index in [-0.39, 0.29) is 36.4 Å². The SMILES string of the molecule is NC(=O)C1CCC(=O)N([C@@H]2O[C@H](COP(=O)(O)OP(=O)(O)OC[C@H]3O[C@@H](n4cnc5c(N)ncnc54)[C@H](O)[C@@H]3O)[C@@H](O)[C@H]2O)C1. The summed E-state index contributed by atoms with van der Waals surface area (Å²) >= 11 is 0. The summed E-state index contributed by atoms with van der Waals surface area (Å²) in [5.74, 6) is -1.85. The predicted octanol–water partition coefficient (Wildman–Crippen LogP) is -3.55. The number of phosphoric acid groups is 2. The maximum atomic E-state index is 12.4. The van der Waals surface area contributed by atoms with E-state index in [1.807, 2.05) is 0 Å². The third-order valence-corrected chi connectivity index (χ3v) is 10.1. The Hall–Kier alpha value is -2.69. The zero-order valence-corrected chi connectivity index (χ0v) is 24.8. The molecule has 5 rings (SSSR count). The molecule has 5 heterocycles. The monoisotopic (exact) mass is 683 g/mol. The van der Waals surface area contributed by atoms with Crippen LogP contribution in [0, 0.1) is 5.92 Å². The topological polar surface area (TPSA) is 335 Å². The molecule has 3 unspecified atom stereocenters. The van der Waals surface area contributed by atoms with E-state index in [1.54, 1.807) is 0 Å². The normalized spacial score (nSPS) is 35.0. The van der Waals surface area contributed by atoms with Gasteiger partial charge < -0.3 is 56.1 Å². The highest BCUT2D eigenvalue weighted by molar-refractivity contribution is 7.61. The Bertz CT molecular complexity index is 1530. The number of aliphatic hydroxyl groups is 4. The van der Waals surface area contributed by atoms with Gasteiger partial charge >= 0.3 is 15.6 Å². The summed E-state index contributed by atoms with van der Waals surface area (Å²) in [7, 11) is -10.8. The van der Waals surface area contributed by atoms with Crippen LogP contribution in [0.25, 0.3) is 11.2 Å². The molecule has 3 aliphatic heterocycles. The molecule has 10 N–H and O–H groups in total. The number of piperidine rings is 1. The Kier molecular flexibility index (Phi) is 9.60. The number of rotatable bonds is 11. The molecular formula is C21H31N7O15P2. The Labute approximate surface area is 252 Å². The molecule has 24 heteroatoms. The fourth-order valence-electron chi connectivity index (χ4n) is 5.14. The van der Waals surface area contributed by atoms with Crippen molar-refractivity contribution in [3.05, 3.63) is 12.7 Å². The standard InChI is InChI=1S/C21H31N7O15P2/c22-17-12-19(25-6-24-17)28(7-26-12)21-16(33)14(31)10(42-21)5-40-45(37,38)43-44(35,36)39-4-9-13(30)15(32)20(41-9)27-3-8(18(23)34)1-2-11(27)29/h6-10,13-16,20-21,30-33H,1-5H2,(H2,23,34)(H,35,36)(H,37,38)(H2,22,24,25)/t8?,9-,10-,13-,14-,15-,16-,20-,21-/m1/s1. The smallest absolute Gasteiger partial charge is 0.387 e. The van der Waals surface area contributed by atoms with Gasteiger partial charge in [-0.25, -0.2) is 24.1 Å². The van der Waals surface area contributed by atoms with Gasteiger partial charge in [0.1, 0.15) is 48.5 Å². The van der Waals surface area contributed by atoms with Crippen LogP contribution in [0.1, 0.15) is 19.1 Å². The van der Waals surface area contributed by atoms with Crippen LogP contribution in [0.4, 0.5) is 5.82 Å². The minimum absolute atomic E-state index is 0.0427. The van der Waals surface area contributed by atoms with Crippen LogP contribution in [0.2, 0.25) is 0 Å². The van der Waals surface area contributed by atoms with Crippen molar-refractivity contribution in [2.45, 2.75) is 61.9 Å². The molecule has 3 fully saturated rings. The first-order chi connectivity index (χ1) is 21.1. The Morgan fingerprint density at radius 1 is 0.956 bits per heavy atom. The number of anilines is 1. The third-order valence-electron chi connectivity index (χ3n) is 7.50. The lowest BCUT2D eigenvalue weighted by Gasteiger charge is -2.36. The Balaban J connectivity index is 1.14. The van der Waals surface area contributed by atoms with Crippen molar-refractivity contribution in [1.82, 2.24) is 24.4 Å². The number of hydrogen-bond donors (Lipinski definition) is 8. The van der Waals surface area contributed by atoms with E-state index in [2.05, 4.69) is 23.8 Å². The first-order valence-corrected chi connectivity index (χ1v) is 16.3. The van der Waals surface area contributed by atoms with E-state index < -0.39 is 95.7 Å². The minimum Gasteiger partial charge on any atom is -0.387 e. The number of nitrogens with zero attached hydrogens (tertiary/aromatic N) is 5. The highest BCUT2D eigenvalue weighted by Crippen LogP contribution is 2.60. The summed E-state index contributed by atoms with van der Waals surface area (Å²) < 4.78 is 50.7. The van der Waals surface area contributed by atoms with Crippen LogP contribution in [0.15, 0.2) is 12.7 Å². The predicted molar refractivity (Wildman–Crippen MR) is 143 cm³/mol. The highest BCUT2D eigenvalue weighted by Gasteiger charge is 2.50. The molecule has 2 aromatic rings. The van der Waals surface area contributed by atoms with Gasteiger partial charge in [0.25, 0.3) is 0 Å². The third kappa shape index (κ3) is 7.03. The van der Waals surface area contributed by atoms with Crippen LogP contribution in [-0.4, -0.2) is 129 Å². The second-order valence-corrected chi connectivity index (χ2v) is 13.5. The molecule has 45 heavy (non-hydrogen) atoms. The average molecular weight is 683 g/mol. The van der Waals surface area contributed by atoms with Crippen molar-refractivity contribution in [1.29, 1.82) is 0 Å².